The highest BCUT2D eigenvalue weighted by Crippen LogP contribution is 2.26. The van der Waals surface area contributed by atoms with Crippen LogP contribution in [0.15, 0.2) is 48.5 Å². The van der Waals surface area contributed by atoms with E-state index < -0.39 is 60.1 Å². The number of rotatable bonds is 11. The number of esters is 4. The fourth-order valence-electron chi connectivity index (χ4n) is 3.42. The van der Waals surface area contributed by atoms with Gasteiger partial charge in [0, 0.05) is 27.7 Å². The van der Waals surface area contributed by atoms with Gasteiger partial charge in [-0.25, -0.2) is 0 Å². The molecule has 14 heteroatoms. The van der Waals surface area contributed by atoms with Crippen LogP contribution in [-0.4, -0.2) is 60.1 Å². The number of para-hydroxylation sites is 2. The zero-order valence-electron chi connectivity index (χ0n) is 21.8. The van der Waals surface area contributed by atoms with E-state index >= 15 is 0 Å². The summed E-state index contributed by atoms with van der Waals surface area (Å²) in [6.45, 7) is 3.85. The van der Waals surface area contributed by atoms with Crippen LogP contribution in [0.5, 0.6) is 0 Å². The maximum absolute atomic E-state index is 13.4. The van der Waals surface area contributed by atoms with Crippen molar-refractivity contribution in [2.45, 2.75) is 52.1 Å². The summed E-state index contributed by atoms with van der Waals surface area (Å²) in [6, 6.07) is 12.1. The Morgan fingerprint density at radius 1 is 0.550 bits per heavy atom. The Balaban J connectivity index is 2.62. The molecule has 0 unspecified atom stereocenters. The van der Waals surface area contributed by atoms with Crippen LogP contribution in [0.3, 0.4) is 0 Å². The van der Waals surface area contributed by atoms with Crippen LogP contribution in [-0.2, 0) is 47.7 Å². The fourth-order valence-corrected chi connectivity index (χ4v) is 3.78. The average Bonchev–Trinajstić information content (AvgIpc) is 2.85. The van der Waals surface area contributed by atoms with E-state index in [1.165, 1.54) is 24.3 Å². The van der Waals surface area contributed by atoms with Crippen LogP contribution in [0.1, 0.15) is 27.7 Å². The minimum atomic E-state index is -2.02. The topological polar surface area (TPSA) is 163 Å². The van der Waals surface area contributed by atoms with Crippen molar-refractivity contribution in [1.29, 1.82) is 0 Å². The SMILES string of the molecule is CC(=O)O[C@H]([C@@H](OC(C)=O)[C@@H](OC(C)=O)C(=O)Nc1ccccc1Cl)[C@H](OC(C)=O)C(=O)Nc1ccccc1Cl. The number of hydrogen-bond acceptors (Lipinski definition) is 10. The van der Waals surface area contributed by atoms with Crippen molar-refractivity contribution in [3.05, 3.63) is 58.6 Å². The smallest absolute Gasteiger partial charge is 0.303 e. The average molecular weight is 597 g/mol. The van der Waals surface area contributed by atoms with Crippen molar-refractivity contribution in [3.8, 4) is 0 Å². The van der Waals surface area contributed by atoms with E-state index in [-0.39, 0.29) is 21.4 Å². The Kier molecular flexibility index (Phi) is 11.9. The van der Waals surface area contributed by atoms with Gasteiger partial charge in [0.25, 0.3) is 11.8 Å². The first kappa shape index (κ1) is 32.1. The summed E-state index contributed by atoms with van der Waals surface area (Å²) in [5.41, 5.74) is 0.204. The molecule has 0 saturated carbocycles. The number of amides is 2. The maximum atomic E-state index is 13.4. The second kappa shape index (κ2) is 14.8. The molecule has 0 bridgehead atoms. The van der Waals surface area contributed by atoms with Gasteiger partial charge in [0.05, 0.1) is 21.4 Å². The molecule has 2 aromatic rings. The lowest BCUT2D eigenvalue weighted by molar-refractivity contribution is -0.198. The normalized spacial score (nSPS) is 13.4. The molecular formula is C26H26Cl2N2O10. The maximum Gasteiger partial charge on any atom is 0.303 e. The largest absolute Gasteiger partial charge is 0.454 e. The number of hydrogen-bond donors (Lipinski definition) is 2. The molecule has 214 valence electrons. The molecule has 0 fully saturated rings. The first-order valence-electron chi connectivity index (χ1n) is 11.6. The quantitative estimate of drug-likeness (QED) is 0.290. The number of ether oxygens (including phenoxy) is 4. The first-order chi connectivity index (χ1) is 18.8. The van der Waals surface area contributed by atoms with E-state index in [1.54, 1.807) is 24.3 Å². The molecule has 0 saturated heterocycles. The Hall–Kier alpha value is -4.16. The molecule has 40 heavy (non-hydrogen) atoms. The molecule has 0 aliphatic rings. The van der Waals surface area contributed by atoms with Gasteiger partial charge in [-0.15, -0.1) is 0 Å². The summed E-state index contributed by atoms with van der Waals surface area (Å²) in [5, 5.41) is 5.10. The van der Waals surface area contributed by atoms with Crippen LogP contribution in [0, 0.1) is 0 Å². The molecular weight excluding hydrogens is 571 g/mol. The molecule has 0 aliphatic carbocycles. The molecule has 0 aromatic heterocycles. The lowest BCUT2D eigenvalue weighted by Crippen LogP contribution is -2.57. The Morgan fingerprint density at radius 3 is 1.12 bits per heavy atom. The van der Waals surface area contributed by atoms with Gasteiger partial charge in [0.1, 0.15) is 0 Å². The van der Waals surface area contributed by atoms with Crippen LogP contribution < -0.4 is 10.6 Å². The molecule has 0 radical (unpaired) electrons. The molecule has 2 amide bonds. The van der Waals surface area contributed by atoms with Crippen LogP contribution in [0.2, 0.25) is 10.0 Å². The Bertz CT molecular complexity index is 1190. The van der Waals surface area contributed by atoms with Gasteiger partial charge >= 0.3 is 23.9 Å². The highest BCUT2D eigenvalue weighted by Gasteiger charge is 2.49. The van der Waals surface area contributed by atoms with Crippen molar-refractivity contribution in [2.75, 3.05) is 10.6 Å². The van der Waals surface area contributed by atoms with Gasteiger partial charge in [0.15, 0.2) is 12.2 Å². The second-order valence-electron chi connectivity index (χ2n) is 8.15. The molecule has 12 nitrogen and oxygen atoms in total. The van der Waals surface area contributed by atoms with E-state index in [1.807, 2.05) is 0 Å². The highest BCUT2D eigenvalue weighted by atomic mass is 35.5. The Morgan fingerprint density at radius 2 is 0.850 bits per heavy atom. The van der Waals surface area contributed by atoms with Crippen LogP contribution in [0.4, 0.5) is 11.4 Å². The fraction of sp³-hybridized carbons (Fsp3) is 0.308. The van der Waals surface area contributed by atoms with Gasteiger partial charge in [0.2, 0.25) is 12.2 Å². The standard InChI is InChI=1S/C26H26Cl2N2O10/c1-13(31)37-21(23(39-15(3)33)25(35)29-19-11-7-5-9-17(19)27)22(38-14(2)32)24(40-16(4)34)26(36)30-20-12-8-6-10-18(20)28/h5-12,21-24H,1-4H3,(H,29,35)(H,30,36)/t21-,22-,23-,24+/m1/s1. The summed E-state index contributed by atoms with van der Waals surface area (Å²) >= 11 is 12.2. The third kappa shape index (κ3) is 9.54. The number of nitrogens with one attached hydrogen (secondary N) is 2. The molecule has 4 atom stereocenters. The molecule has 0 heterocycles. The minimum Gasteiger partial charge on any atom is -0.454 e. The number of carbonyl (C=O) groups is 6. The summed E-state index contributed by atoms with van der Waals surface area (Å²) in [5.74, 6) is -6.17. The lowest BCUT2D eigenvalue weighted by atomic mass is 10.00. The number of halogens is 2. The molecule has 0 spiro atoms. The monoisotopic (exact) mass is 596 g/mol. The number of benzene rings is 2. The highest BCUT2D eigenvalue weighted by molar-refractivity contribution is 6.34. The second-order valence-corrected chi connectivity index (χ2v) is 8.96. The molecule has 0 aliphatic heterocycles. The van der Waals surface area contributed by atoms with E-state index in [9.17, 15) is 28.8 Å². The van der Waals surface area contributed by atoms with Gasteiger partial charge in [-0.05, 0) is 24.3 Å². The van der Waals surface area contributed by atoms with Crippen molar-refractivity contribution in [3.63, 3.8) is 0 Å². The summed E-state index contributed by atoms with van der Waals surface area (Å²) < 4.78 is 20.9. The zero-order chi connectivity index (χ0) is 30.0. The summed E-state index contributed by atoms with van der Waals surface area (Å²) in [6.07, 6.45) is -8.02. The van der Waals surface area contributed by atoms with Gasteiger partial charge in [-0.3, -0.25) is 28.8 Å². The van der Waals surface area contributed by atoms with E-state index in [0.29, 0.717) is 0 Å². The first-order valence-corrected chi connectivity index (χ1v) is 12.3. The Labute approximate surface area is 239 Å². The van der Waals surface area contributed by atoms with Crippen molar-refractivity contribution >= 4 is 70.3 Å². The van der Waals surface area contributed by atoms with Gasteiger partial charge < -0.3 is 29.6 Å². The molecule has 2 aromatic carbocycles. The molecule has 2 N–H and O–H groups in total. The van der Waals surface area contributed by atoms with E-state index in [2.05, 4.69) is 10.6 Å². The minimum absolute atomic E-state index is 0.102. The van der Waals surface area contributed by atoms with E-state index in [0.717, 1.165) is 27.7 Å². The van der Waals surface area contributed by atoms with Crippen molar-refractivity contribution in [2.24, 2.45) is 0 Å². The third-order valence-electron chi connectivity index (χ3n) is 4.89. The van der Waals surface area contributed by atoms with Crippen LogP contribution >= 0.6 is 23.2 Å². The summed E-state index contributed by atoms with van der Waals surface area (Å²) in [7, 11) is 0. The van der Waals surface area contributed by atoms with Crippen molar-refractivity contribution < 1.29 is 47.7 Å². The predicted octanol–water partition coefficient (Wildman–Crippen LogP) is 3.30. The van der Waals surface area contributed by atoms with E-state index in [4.69, 9.17) is 42.1 Å². The summed E-state index contributed by atoms with van der Waals surface area (Å²) in [4.78, 5) is 75.0. The van der Waals surface area contributed by atoms with Gasteiger partial charge in [-0.1, -0.05) is 47.5 Å². The zero-order valence-corrected chi connectivity index (χ0v) is 23.3. The van der Waals surface area contributed by atoms with Gasteiger partial charge in [-0.2, -0.15) is 0 Å². The van der Waals surface area contributed by atoms with Crippen molar-refractivity contribution in [1.82, 2.24) is 0 Å². The number of carbonyl (C=O) groups excluding carboxylic acids is 6. The lowest BCUT2D eigenvalue weighted by Gasteiger charge is -2.34. The van der Waals surface area contributed by atoms with Crippen LogP contribution in [0.25, 0.3) is 0 Å². The number of anilines is 2. The molecule has 2 rings (SSSR count). The third-order valence-corrected chi connectivity index (χ3v) is 5.55. The predicted molar refractivity (Wildman–Crippen MR) is 142 cm³/mol.